The van der Waals surface area contributed by atoms with Gasteiger partial charge in [0, 0.05) is 0 Å². The van der Waals surface area contributed by atoms with E-state index >= 15 is 0 Å². The maximum absolute atomic E-state index is 11.5. The van der Waals surface area contributed by atoms with Gasteiger partial charge in [0.1, 0.15) is 0 Å². The van der Waals surface area contributed by atoms with Gasteiger partial charge in [-0.3, -0.25) is 4.79 Å². The van der Waals surface area contributed by atoms with Gasteiger partial charge in [0.25, 0.3) is 0 Å². The zero-order valence-electron chi connectivity index (χ0n) is 11.0. The van der Waals surface area contributed by atoms with Crippen molar-refractivity contribution in [2.75, 3.05) is 6.61 Å². The molecule has 1 rings (SSSR count). The van der Waals surface area contributed by atoms with Crippen LogP contribution in [0.2, 0.25) is 0 Å². The molecule has 1 aromatic rings. The van der Waals surface area contributed by atoms with Crippen molar-refractivity contribution < 1.29 is 14.3 Å². The number of ether oxygens (including phenoxy) is 1. The van der Waals surface area contributed by atoms with E-state index in [1.54, 1.807) is 31.2 Å². The summed E-state index contributed by atoms with van der Waals surface area (Å²) in [6, 6.07) is 6.82. The lowest BCUT2D eigenvalue weighted by Gasteiger charge is -2.17. The molecule has 18 heavy (non-hydrogen) atoms. The summed E-state index contributed by atoms with van der Waals surface area (Å²) in [5, 5.41) is 0. The molecule has 1 unspecified atom stereocenters. The minimum atomic E-state index is -0.357. The number of benzene rings is 1. The van der Waals surface area contributed by atoms with E-state index in [2.05, 4.69) is 0 Å². The lowest BCUT2D eigenvalue weighted by Crippen LogP contribution is -2.25. The monoisotopic (exact) mass is 249 g/mol. The van der Waals surface area contributed by atoms with Crippen LogP contribution in [0, 0.1) is 5.92 Å². The molecular weight excluding hydrogens is 230 g/mol. The number of carbonyl (C=O) groups is 2. The fraction of sp³-hybridized carbons (Fsp3) is 0.429. The average molecular weight is 249 g/mol. The minimum Gasteiger partial charge on any atom is -0.462 e. The number of esters is 1. The van der Waals surface area contributed by atoms with Gasteiger partial charge in [-0.2, -0.15) is 0 Å². The first-order valence-electron chi connectivity index (χ1n) is 6.03. The molecule has 0 aliphatic carbocycles. The highest BCUT2D eigenvalue weighted by Gasteiger charge is 2.21. The second-order valence-corrected chi connectivity index (χ2v) is 4.47. The molecule has 0 aromatic heterocycles. The standard InChI is InChI=1S/C14H19NO3/c1-4-18-14(17)11-7-5-10(6-8-11)12(9(2)3)13(15)16/h5-9,12H,4H2,1-3H3,(H2,15,16). The molecule has 0 bridgehead atoms. The van der Waals surface area contributed by atoms with Crippen LogP contribution >= 0.6 is 0 Å². The number of carbonyl (C=O) groups excluding carboxylic acids is 2. The number of primary amides is 1. The van der Waals surface area contributed by atoms with Crippen LogP contribution in [0.25, 0.3) is 0 Å². The average Bonchev–Trinajstić information content (AvgIpc) is 2.29. The van der Waals surface area contributed by atoms with Gasteiger partial charge in [-0.1, -0.05) is 26.0 Å². The zero-order valence-corrected chi connectivity index (χ0v) is 11.0. The zero-order chi connectivity index (χ0) is 13.7. The summed E-state index contributed by atoms with van der Waals surface area (Å²) < 4.78 is 4.89. The summed E-state index contributed by atoms with van der Waals surface area (Å²) in [7, 11) is 0. The number of hydrogen-bond acceptors (Lipinski definition) is 3. The number of rotatable bonds is 5. The second kappa shape index (κ2) is 6.19. The number of nitrogens with two attached hydrogens (primary N) is 1. The summed E-state index contributed by atoms with van der Waals surface area (Å²) in [4.78, 5) is 22.9. The van der Waals surface area contributed by atoms with E-state index in [0.29, 0.717) is 12.2 Å². The van der Waals surface area contributed by atoms with Crippen LogP contribution in [0.1, 0.15) is 42.6 Å². The quantitative estimate of drug-likeness (QED) is 0.812. The predicted molar refractivity (Wildman–Crippen MR) is 69.2 cm³/mol. The summed E-state index contributed by atoms with van der Waals surface area (Å²) >= 11 is 0. The fourth-order valence-corrected chi connectivity index (χ4v) is 1.92. The van der Waals surface area contributed by atoms with Crippen molar-refractivity contribution in [3.8, 4) is 0 Å². The SMILES string of the molecule is CCOC(=O)c1ccc(C(C(N)=O)C(C)C)cc1. The Bertz CT molecular complexity index is 423. The lowest BCUT2D eigenvalue weighted by molar-refractivity contribution is -0.120. The number of amides is 1. The third kappa shape index (κ3) is 3.32. The highest BCUT2D eigenvalue weighted by molar-refractivity contribution is 5.89. The highest BCUT2D eigenvalue weighted by Crippen LogP contribution is 2.24. The largest absolute Gasteiger partial charge is 0.462 e. The second-order valence-electron chi connectivity index (χ2n) is 4.47. The predicted octanol–water partition coefficient (Wildman–Crippen LogP) is 2.09. The molecule has 98 valence electrons. The Balaban J connectivity index is 2.94. The minimum absolute atomic E-state index is 0.121. The van der Waals surface area contributed by atoms with E-state index in [1.165, 1.54) is 0 Å². The third-order valence-corrected chi connectivity index (χ3v) is 2.75. The first-order valence-corrected chi connectivity index (χ1v) is 6.03. The molecule has 0 aliphatic heterocycles. The van der Waals surface area contributed by atoms with E-state index < -0.39 is 0 Å². The number of hydrogen-bond donors (Lipinski definition) is 1. The molecule has 0 saturated heterocycles. The normalized spacial score (nSPS) is 12.2. The van der Waals surface area contributed by atoms with Crippen molar-refractivity contribution in [2.45, 2.75) is 26.7 Å². The Hall–Kier alpha value is -1.84. The Labute approximate surface area is 107 Å². The van der Waals surface area contributed by atoms with Crippen LogP contribution in [0.4, 0.5) is 0 Å². The van der Waals surface area contributed by atoms with Gasteiger partial charge in [-0.05, 0) is 30.5 Å². The van der Waals surface area contributed by atoms with Crippen molar-refractivity contribution in [3.63, 3.8) is 0 Å². The molecule has 0 radical (unpaired) electrons. The van der Waals surface area contributed by atoms with E-state index in [4.69, 9.17) is 10.5 Å². The Kier molecular flexibility index (Phi) is 4.89. The molecular formula is C14H19NO3. The topological polar surface area (TPSA) is 69.4 Å². The van der Waals surface area contributed by atoms with Gasteiger partial charge in [-0.15, -0.1) is 0 Å². The first-order chi connectivity index (χ1) is 8.47. The maximum atomic E-state index is 11.5. The molecule has 4 nitrogen and oxygen atoms in total. The van der Waals surface area contributed by atoms with Gasteiger partial charge < -0.3 is 10.5 Å². The highest BCUT2D eigenvalue weighted by atomic mass is 16.5. The molecule has 0 spiro atoms. The summed E-state index contributed by atoms with van der Waals surface area (Å²) in [5.41, 5.74) is 6.69. The Morgan fingerprint density at radius 1 is 1.22 bits per heavy atom. The molecule has 0 saturated carbocycles. The summed E-state index contributed by atoms with van der Waals surface area (Å²) in [5.74, 6) is -0.921. The van der Waals surface area contributed by atoms with Gasteiger partial charge >= 0.3 is 5.97 Å². The molecule has 2 N–H and O–H groups in total. The van der Waals surface area contributed by atoms with Crippen LogP contribution in [0.15, 0.2) is 24.3 Å². The molecule has 1 aromatic carbocycles. The molecule has 0 fully saturated rings. The van der Waals surface area contributed by atoms with Gasteiger partial charge in [-0.25, -0.2) is 4.79 Å². The maximum Gasteiger partial charge on any atom is 0.338 e. The van der Waals surface area contributed by atoms with Crippen LogP contribution in [0.5, 0.6) is 0 Å². The molecule has 1 amide bonds. The van der Waals surface area contributed by atoms with Crippen LogP contribution in [0.3, 0.4) is 0 Å². The van der Waals surface area contributed by atoms with Crippen LogP contribution in [-0.2, 0) is 9.53 Å². The summed E-state index contributed by atoms with van der Waals surface area (Å²) in [6.45, 7) is 5.98. The van der Waals surface area contributed by atoms with Crippen molar-refractivity contribution in [3.05, 3.63) is 35.4 Å². The lowest BCUT2D eigenvalue weighted by atomic mass is 9.87. The van der Waals surface area contributed by atoms with Crippen molar-refractivity contribution in [2.24, 2.45) is 11.7 Å². The van der Waals surface area contributed by atoms with Gasteiger partial charge in [0.05, 0.1) is 18.1 Å². The van der Waals surface area contributed by atoms with Crippen LogP contribution in [-0.4, -0.2) is 18.5 Å². The Morgan fingerprint density at radius 3 is 2.17 bits per heavy atom. The van der Waals surface area contributed by atoms with E-state index in [-0.39, 0.29) is 23.7 Å². The van der Waals surface area contributed by atoms with Crippen molar-refractivity contribution >= 4 is 11.9 Å². The smallest absolute Gasteiger partial charge is 0.338 e. The van der Waals surface area contributed by atoms with Gasteiger partial charge in [0.15, 0.2) is 0 Å². The Morgan fingerprint density at radius 2 is 1.78 bits per heavy atom. The van der Waals surface area contributed by atoms with E-state index in [9.17, 15) is 9.59 Å². The molecule has 0 aliphatic rings. The first kappa shape index (κ1) is 14.2. The van der Waals surface area contributed by atoms with Crippen LogP contribution < -0.4 is 5.73 Å². The van der Waals surface area contributed by atoms with Crippen molar-refractivity contribution in [1.82, 2.24) is 0 Å². The molecule has 4 heteroatoms. The van der Waals surface area contributed by atoms with E-state index in [0.717, 1.165) is 5.56 Å². The third-order valence-electron chi connectivity index (χ3n) is 2.75. The summed E-state index contributed by atoms with van der Waals surface area (Å²) in [6.07, 6.45) is 0. The molecule has 1 atom stereocenters. The van der Waals surface area contributed by atoms with Crippen molar-refractivity contribution in [1.29, 1.82) is 0 Å². The molecule has 0 heterocycles. The van der Waals surface area contributed by atoms with E-state index in [1.807, 2.05) is 13.8 Å². The van der Waals surface area contributed by atoms with Gasteiger partial charge in [0.2, 0.25) is 5.91 Å². The fourth-order valence-electron chi connectivity index (χ4n) is 1.92.